The molecule has 2 saturated carbocycles. The fraction of sp³-hybridized carbons (Fsp3) is 0.400. The standard InChI is InChI=1S/C30H34FN5O3S/c31-21-14-10-20(11-15-21)26(29(38)34-22-8-4-5-9-22)36(30(39)27-24(32)25(28(33)37)35-40-27)23-16-12-19(13-17-23)18-6-2-1-3-7-18/h10-18,22,26H,1-9,32H2,(H2,33,37)(H,34,38)/t26-/m1/s1. The maximum absolute atomic E-state index is 14.2. The highest BCUT2D eigenvalue weighted by Crippen LogP contribution is 2.37. The minimum Gasteiger partial charge on any atom is -0.395 e. The molecule has 3 amide bonds. The summed E-state index contributed by atoms with van der Waals surface area (Å²) in [5.74, 6) is -1.80. The lowest BCUT2D eigenvalue weighted by atomic mass is 9.84. The second kappa shape index (κ2) is 12.2. The summed E-state index contributed by atoms with van der Waals surface area (Å²) in [4.78, 5) is 41.4. The maximum atomic E-state index is 14.2. The fourth-order valence-corrected chi connectivity index (χ4v) is 6.62. The largest absolute Gasteiger partial charge is 0.395 e. The first-order valence-electron chi connectivity index (χ1n) is 13.9. The zero-order valence-corrected chi connectivity index (χ0v) is 23.1. The number of hydrogen-bond acceptors (Lipinski definition) is 6. The topological polar surface area (TPSA) is 131 Å². The van der Waals surface area contributed by atoms with Gasteiger partial charge in [0.1, 0.15) is 16.7 Å². The molecule has 1 aromatic heterocycles. The molecule has 210 valence electrons. The van der Waals surface area contributed by atoms with Crippen LogP contribution < -0.4 is 21.7 Å². The van der Waals surface area contributed by atoms with Crippen molar-refractivity contribution in [3.8, 4) is 0 Å². The number of benzene rings is 2. The molecule has 40 heavy (non-hydrogen) atoms. The van der Waals surface area contributed by atoms with Gasteiger partial charge >= 0.3 is 0 Å². The molecule has 0 radical (unpaired) electrons. The van der Waals surface area contributed by atoms with Crippen molar-refractivity contribution >= 4 is 40.6 Å². The van der Waals surface area contributed by atoms with E-state index in [0.29, 0.717) is 17.2 Å². The number of carbonyl (C=O) groups is 3. The second-order valence-electron chi connectivity index (χ2n) is 10.7. The highest BCUT2D eigenvalue weighted by molar-refractivity contribution is 7.09. The molecule has 1 atom stereocenters. The van der Waals surface area contributed by atoms with Gasteiger partial charge in [0.15, 0.2) is 5.69 Å². The van der Waals surface area contributed by atoms with Crippen molar-refractivity contribution in [3.63, 3.8) is 0 Å². The van der Waals surface area contributed by atoms with E-state index in [1.807, 2.05) is 24.3 Å². The summed E-state index contributed by atoms with van der Waals surface area (Å²) in [5.41, 5.74) is 13.4. The van der Waals surface area contributed by atoms with Crippen LogP contribution in [0.25, 0.3) is 0 Å². The van der Waals surface area contributed by atoms with E-state index >= 15 is 0 Å². The van der Waals surface area contributed by atoms with Gasteiger partial charge in [0.2, 0.25) is 5.91 Å². The molecule has 0 saturated heterocycles. The number of nitrogen functional groups attached to an aromatic ring is 1. The Bertz CT molecular complexity index is 1360. The summed E-state index contributed by atoms with van der Waals surface area (Å²) < 4.78 is 17.9. The third kappa shape index (κ3) is 5.86. The van der Waals surface area contributed by atoms with Crippen LogP contribution in [0.5, 0.6) is 0 Å². The van der Waals surface area contributed by atoms with Crippen LogP contribution in [0, 0.1) is 5.82 Å². The number of amides is 3. The van der Waals surface area contributed by atoms with Crippen LogP contribution in [-0.4, -0.2) is 28.1 Å². The normalized spacial score (nSPS) is 16.9. The first-order valence-corrected chi connectivity index (χ1v) is 14.6. The molecule has 2 aliphatic carbocycles. The van der Waals surface area contributed by atoms with Gasteiger partial charge in [-0.15, -0.1) is 0 Å². The smallest absolute Gasteiger partial charge is 0.273 e. The van der Waals surface area contributed by atoms with Gasteiger partial charge in [-0.05, 0) is 78.5 Å². The molecule has 3 aromatic rings. The number of aromatic nitrogens is 1. The highest BCUT2D eigenvalue weighted by atomic mass is 32.1. The van der Waals surface area contributed by atoms with Crippen LogP contribution in [-0.2, 0) is 4.79 Å². The van der Waals surface area contributed by atoms with E-state index in [9.17, 15) is 18.8 Å². The quantitative estimate of drug-likeness (QED) is 0.335. The maximum Gasteiger partial charge on any atom is 0.273 e. The molecular weight excluding hydrogens is 529 g/mol. The lowest BCUT2D eigenvalue weighted by Gasteiger charge is -2.32. The number of hydrogen-bond donors (Lipinski definition) is 3. The number of halogens is 1. The minimum atomic E-state index is -1.12. The zero-order valence-electron chi connectivity index (χ0n) is 22.3. The second-order valence-corrected chi connectivity index (χ2v) is 11.5. The van der Waals surface area contributed by atoms with Crippen LogP contribution in [0.3, 0.4) is 0 Å². The van der Waals surface area contributed by atoms with Crippen LogP contribution in [0.1, 0.15) is 101 Å². The van der Waals surface area contributed by atoms with Gasteiger partial charge in [-0.3, -0.25) is 19.3 Å². The molecule has 2 aromatic carbocycles. The SMILES string of the molecule is NC(=O)c1nsc(C(=O)N(c2ccc(C3CCCCC3)cc2)[C@@H](C(=O)NC2CCCC2)c2ccc(F)cc2)c1N. The average molecular weight is 564 g/mol. The molecule has 2 aliphatic rings. The van der Waals surface area contributed by atoms with Crippen LogP contribution in [0.2, 0.25) is 0 Å². The predicted octanol–water partition coefficient (Wildman–Crippen LogP) is 5.46. The van der Waals surface area contributed by atoms with Crippen molar-refractivity contribution < 1.29 is 18.8 Å². The Balaban J connectivity index is 1.59. The van der Waals surface area contributed by atoms with E-state index in [2.05, 4.69) is 9.69 Å². The van der Waals surface area contributed by atoms with E-state index in [-0.39, 0.29) is 28.2 Å². The molecule has 0 spiro atoms. The monoisotopic (exact) mass is 563 g/mol. The van der Waals surface area contributed by atoms with E-state index in [4.69, 9.17) is 11.5 Å². The average Bonchev–Trinajstić information content (AvgIpc) is 3.62. The van der Waals surface area contributed by atoms with Crippen molar-refractivity contribution in [2.45, 2.75) is 75.8 Å². The van der Waals surface area contributed by atoms with Crippen LogP contribution in [0.4, 0.5) is 15.8 Å². The number of anilines is 2. The Kier molecular flexibility index (Phi) is 8.44. The molecule has 5 N–H and O–H groups in total. The van der Waals surface area contributed by atoms with E-state index < -0.39 is 23.7 Å². The van der Waals surface area contributed by atoms with E-state index in [0.717, 1.165) is 50.1 Å². The predicted molar refractivity (Wildman–Crippen MR) is 154 cm³/mol. The number of rotatable bonds is 8. The number of primary amides is 1. The molecule has 1 heterocycles. The molecule has 0 bridgehead atoms. The Morgan fingerprint density at radius 2 is 1.55 bits per heavy atom. The third-order valence-electron chi connectivity index (χ3n) is 8.02. The van der Waals surface area contributed by atoms with Crippen molar-refractivity contribution in [2.24, 2.45) is 5.73 Å². The summed E-state index contributed by atoms with van der Waals surface area (Å²) in [7, 11) is 0. The van der Waals surface area contributed by atoms with Crippen molar-refractivity contribution in [2.75, 3.05) is 10.6 Å². The Hall–Kier alpha value is -3.79. The van der Waals surface area contributed by atoms with E-state index in [1.54, 1.807) is 0 Å². The minimum absolute atomic E-state index is 0.00369. The molecule has 8 nitrogen and oxygen atoms in total. The lowest BCUT2D eigenvalue weighted by Crippen LogP contribution is -2.46. The van der Waals surface area contributed by atoms with Gasteiger partial charge in [-0.25, -0.2) is 4.39 Å². The van der Waals surface area contributed by atoms with Gasteiger partial charge in [-0.2, -0.15) is 4.37 Å². The number of nitrogens with two attached hydrogens (primary N) is 2. The molecule has 10 heteroatoms. The summed E-state index contributed by atoms with van der Waals surface area (Å²) in [6.45, 7) is 0. The van der Waals surface area contributed by atoms with Crippen molar-refractivity contribution in [1.82, 2.24) is 9.69 Å². The van der Waals surface area contributed by atoms with Crippen molar-refractivity contribution in [1.29, 1.82) is 0 Å². The van der Waals surface area contributed by atoms with Crippen LogP contribution >= 0.6 is 11.5 Å². The molecule has 2 fully saturated rings. The van der Waals surface area contributed by atoms with Crippen LogP contribution in [0.15, 0.2) is 48.5 Å². The van der Waals surface area contributed by atoms with Gasteiger partial charge in [0, 0.05) is 11.7 Å². The number of nitrogens with one attached hydrogen (secondary N) is 1. The number of carbonyl (C=O) groups excluding carboxylic acids is 3. The highest BCUT2D eigenvalue weighted by Gasteiger charge is 2.37. The molecule has 0 unspecified atom stereocenters. The Labute approximate surface area is 237 Å². The Morgan fingerprint density at radius 3 is 2.15 bits per heavy atom. The zero-order chi connectivity index (χ0) is 28.2. The van der Waals surface area contributed by atoms with Gasteiger partial charge < -0.3 is 16.8 Å². The molecular formula is C30H34FN5O3S. The number of nitrogens with zero attached hydrogens (tertiary/aromatic N) is 2. The van der Waals surface area contributed by atoms with Crippen molar-refractivity contribution in [3.05, 3.63) is 76.0 Å². The first-order chi connectivity index (χ1) is 19.3. The van der Waals surface area contributed by atoms with E-state index in [1.165, 1.54) is 54.0 Å². The molecule has 5 rings (SSSR count). The third-order valence-corrected chi connectivity index (χ3v) is 8.87. The summed E-state index contributed by atoms with van der Waals surface area (Å²) in [6, 6.07) is 12.1. The summed E-state index contributed by atoms with van der Waals surface area (Å²) >= 11 is 0.762. The summed E-state index contributed by atoms with van der Waals surface area (Å²) in [5, 5.41) is 3.11. The van der Waals surface area contributed by atoms with Gasteiger partial charge in [0.05, 0.1) is 5.69 Å². The van der Waals surface area contributed by atoms with Gasteiger partial charge in [-0.1, -0.05) is 56.4 Å². The Morgan fingerprint density at radius 1 is 0.925 bits per heavy atom. The fourth-order valence-electron chi connectivity index (χ4n) is 5.88. The first kappa shape index (κ1) is 27.8. The molecule has 0 aliphatic heterocycles. The summed E-state index contributed by atoms with van der Waals surface area (Å²) in [6.07, 6.45) is 9.63. The lowest BCUT2D eigenvalue weighted by molar-refractivity contribution is -0.123. The van der Waals surface area contributed by atoms with Gasteiger partial charge in [0.25, 0.3) is 11.8 Å².